The van der Waals surface area contributed by atoms with E-state index in [1.54, 1.807) is 18.3 Å². The highest BCUT2D eigenvalue weighted by Gasteiger charge is 2.24. The number of hydrogen-bond acceptors (Lipinski definition) is 3. The molecule has 4 nitrogen and oxygen atoms in total. The lowest BCUT2D eigenvalue weighted by Gasteiger charge is -2.32. The first-order valence-electron chi connectivity index (χ1n) is 7.71. The summed E-state index contributed by atoms with van der Waals surface area (Å²) in [5.74, 6) is 1.04. The summed E-state index contributed by atoms with van der Waals surface area (Å²) >= 11 is 0. The molecule has 0 spiro atoms. The van der Waals surface area contributed by atoms with Crippen molar-refractivity contribution < 1.29 is 4.79 Å². The van der Waals surface area contributed by atoms with Gasteiger partial charge in [-0.15, -0.1) is 0 Å². The fourth-order valence-corrected chi connectivity index (χ4v) is 2.97. The van der Waals surface area contributed by atoms with Crippen LogP contribution in [0.25, 0.3) is 0 Å². The number of rotatable bonds is 2. The Labute approximate surface area is 131 Å². The molecule has 1 fully saturated rings. The molecule has 22 heavy (non-hydrogen) atoms. The molecule has 2 heterocycles. The first-order chi connectivity index (χ1) is 10.6. The Morgan fingerprint density at radius 1 is 1.14 bits per heavy atom. The van der Waals surface area contributed by atoms with Crippen LogP contribution in [0, 0.1) is 6.92 Å². The molecule has 2 aromatic rings. The van der Waals surface area contributed by atoms with Gasteiger partial charge in [-0.3, -0.25) is 4.79 Å². The number of nitrogens with zero attached hydrogens (tertiary/aromatic N) is 2. The third-order valence-corrected chi connectivity index (χ3v) is 4.36. The summed E-state index contributed by atoms with van der Waals surface area (Å²) in [6.07, 6.45) is 3.58. The molecule has 4 heteroatoms. The molecule has 0 saturated carbocycles. The molecule has 1 saturated heterocycles. The minimum Gasteiger partial charge on any atom is -0.384 e. The highest BCUT2D eigenvalue weighted by molar-refractivity contribution is 5.94. The quantitative estimate of drug-likeness (QED) is 0.926. The molecular weight excluding hydrogens is 274 g/mol. The van der Waals surface area contributed by atoms with Crippen LogP contribution in [0.5, 0.6) is 0 Å². The maximum atomic E-state index is 12.4. The summed E-state index contributed by atoms with van der Waals surface area (Å²) in [5.41, 5.74) is 8.84. The van der Waals surface area contributed by atoms with Crippen LogP contribution in [0.3, 0.4) is 0 Å². The van der Waals surface area contributed by atoms with Crippen LogP contribution >= 0.6 is 0 Å². The first-order valence-corrected chi connectivity index (χ1v) is 7.71. The molecule has 0 aliphatic carbocycles. The third kappa shape index (κ3) is 3.11. The lowest BCUT2D eigenvalue weighted by Crippen LogP contribution is -2.38. The van der Waals surface area contributed by atoms with Gasteiger partial charge in [0.15, 0.2) is 0 Å². The van der Waals surface area contributed by atoms with Gasteiger partial charge in [0.1, 0.15) is 5.82 Å². The van der Waals surface area contributed by atoms with E-state index < -0.39 is 0 Å². The van der Waals surface area contributed by atoms with Crippen LogP contribution in [0.1, 0.15) is 40.2 Å². The van der Waals surface area contributed by atoms with Crippen molar-refractivity contribution in [3.63, 3.8) is 0 Å². The van der Waals surface area contributed by atoms with Crippen LogP contribution in [0.4, 0.5) is 5.82 Å². The number of carbonyl (C=O) groups excluding carboxylic acids is 1. The fourth-order valence-electron chi connectivity index (χ4n) is 2.97. The van der Waals surface area contributed by atoms with Crippen LogP contribution in [-0.2, 0) is 0 Å². The fraction of sp³-hybridized carbons (Fsp3) is 0.333. The van der Waals surface area contributed by atoms with Gasteiger partial charge in [0.2, 0.25) is 0 Å². The van der Waals surface area contributed by atoms with Crippen LogP contribution in [0.15, 0.2) is 42.6 Å². The first kappa shape index (κ1) is 14.6. The molecule has 0 unspecified atom stereocenters. The zero-order valence-electron chi connectivity index (χ0n) is 12.8. The smallest absolute Gasteiger partial charge is 0.255 e. The summed E-state index contributed by atoms with van der Waals surface area (Å²) in [7, 11) is 0. The van der Waals surface area contributed by atoms with E-state index in [0.717, 1.165) is 25.9 Å². The lowest BCUT2D eigenvalue weighted by molar-refractivity contribution is 0.0712. The Balaban J connectivity index is 1.62. The second-order valence-corrected chi connectivity index (χ2v) is 5.95. The molecule has 1 aliphatic heterocycles. The van der Waals surface area contributed by atoms with Crippen molar-refractivity contribution in [2.45, 2.75) is 25.7 Å². The Morgan fingerprint density at radius 3 is 2.41 bits per heavy atom. The van der Waals surface area contributed by atoms with Crippen molar-refractivity contribution in [1.82, 2.24) is 9.88 Å². The molecule has 0 atom stereocenters. The van der Waals surface area contributed by atoms with Gasteiger partial charge in [-0.1, -0.05) is 29.8 Å². The van der Waals surface area contributed by atoms with Gasteiger partial charge < -0.3 is 10.6 Å². The summed E-state index contributed by atoms with van der Waals surface area (Å²) in [5, 5.41) is 0. The van der Waals surface area contributed by atoms with E-state index in [4.69, 9.17) is 5.73 Å². The van der Waals surface area contributed by atoms with E-state index in [1.807, 2.05) is 4.90 Å². The molecular formula is C18H21N3O. The summed E-state index contributed by atoms with van der Waals surface area (Å²) in [6.45, 7) is 3.69. The number of pyridine rings is 1. The minimum absolute atomic E-state index is 0.0508. The van der Waals surface area contributed by atoms with Gasteiger partial charge in [-0.05, 0) is 43.4 Å². The average molecular weight is 295 g/mol. The number of amides is 1. The van der Waals surface area contributed by atoms with Crippen molar-refractivity contribution in [3.05, 3.63) is 59.3 Å². The van der Waals surface area contributed by atoms with Gasteiger partial charge in [0, 0.05) is 19.3 Å². The SMILES string of the molecule is Cc1ccc(C2CCN(C(=O)c3ccc(N)nc3)CC2)cc1. The molecule has 114 valence electrons. The molecule has 1 aromatic heterocycles. The van der Waals surface area contributed by atoms with Crippen molar-refractivity contribution >= 4 is 11.7 Å². The number of nitrogen functional groups attached to an aromatic ring is 1. The number of carbonyl (C=O) groups is 1. The van der Waals surface area contributed by atoms with E-state index in [-0.39, 0.29) is 5.91 Å². The van der Waals surface area contributed by atoms with E-state index in [1.165, 1.54) is 11.1 Å². The minimum atomic E-state index is 0.0508. The summed E-state index contributed by atoms with van der Waals surface area (Å²) in [6, 6.07) is 12.2. The van der Waals surface area contributed by atoms with Gasteiger partial charge in [-0.2, -0.15) is 0 Å². The Hall–Kier alpha value is -2.36. The molecule has 1 aliphatic rings. The Morgan fingerprint density at radius 2 is 1.82 bits per heavy atom. The third-order valence-electron chi connectivity index (χ3n) is 4.36. The highest BCUT2D eigenvalue weighted by atomic mass is 16.2. The molecule has 0 bridgehead atoms. The van der Waals surface area contributed by atoms with Gasteiger partial charge >= 0.3 is 0 Å². The van der Waals surface area contributed by atoms with Gasteiger partial charge in [0.25, 0.3) is 5.91 Å². The van der Waals surface area contributed by atoms with E-state index >= 15 is 0 Å². The normalized spacial score (nSPS) is 15.8. The standard InChI is InChI=1S/C18H21N3O/c1-13-2-4-14(5-3-13)15-8-10-21(11-9-15)18(22)16-6-7-17(19)20-12-16/h2-7,12,15H,8-11H2,1H3,(H2,19,20). The van der Waals surface area contributed by atoms with Gasteiger partial charge in [-0.25, -0.2) is 4.98 Å². The predicted octanol–water partition coefficient (Wildman–Crippen LogP) is 2.99. The Kier molecular flexibility index (Phi) is 4.09. The number of aryl methyl sites for hydroxylation is 1. The van der Waals surface area contributed by atoms with E-state index in [9.17, 15) is 4.79 Å². The van der Waals surface area contributed by atoms with E-state index in [0.29, 0.717) is 17.3 Å². The number of nitrogens with two attached hydrogens (primary N) is 1. The zero-order valence-corrected chi connectivity index (χ0v) is 12.8. The zero-order chi connectivity index (χ0) is 15.5. The maximum Gasteiger partial charge on any atom is 0.255 e. The maximum absolute atomic E-state index is 12.4. The lowest BCUT2D eigenvalue weighted by atomic mass is 9.89. The second-order valence-electron chi connectivity index (χ2n) is 5.95. The summed E-state index contributed by atoms with van der Waals surface area (Å²) < 4.78 is 0. The number of aromatic nitrogens is 1. The van der Waals surface area contributed by atoms with Crippen LogP contribution < -0.4 is 5.73 Å². The number of likely N-dealkylation sites (tertiary alicyclic amines) is 1. The van der Waals surface area contributed by atoms with E-state index in [2.05, 4.69) is 36.2 Å². The van der Waals surface area contributed by atoms with Crippen LogP contribution in [0.2, 0.25) is 0 Å². The number of anilines is 1. The number of piperidine rings is 1. The topological polar surface area (TPSA) is 59.2 Å². The van der Waals surface area contributed by atoms with Crippen molar-refractivity contribution in [2.24, 2.45) is 0 Å². The van der Waals surface area contributed by atoms with Crippen molar-refractivity contribution in [1.29, 1.82) is 0 Å². The summed E-state index contributed by atoms with van der Waals surface area (Å²) in [4.78, 5) is 18.4. The van der Waals surface area contributed by atoms with Crippen molar-refractivity contribution in [2.75, 3.05) is 18.8 Å². The Bertz CT molecular complexity index is 641. The van der Waals surface area contributed by atoms with Gasteiger partial charge in [0.05, 0.1) is 5.56 Å². The molecule has 1 amide bonds. The number of hydrogen-bond donors (Lipinski definition) is 1. The largest absolute Gasteiger partial charge is 0.384 e. The van der Waals surface area contributed by atoms with Crippen molar-refractivity contribution in [3.8, 4) is 0 Å². The molecule has 2 N–H and O–H groups in total. The number of benzene rings is 1. The molecule has 3 rings (SSSR count). The predicted molar refractivity (Wildman–Crippen MR) is 87.7 cm³/mol. The monoisotopic (exact) mass is 295 g/mol. The molecule has 1 aromatic carbocycles. The van der Waals surface area contributed by atoms with Crippen LogP contribution in [-0.4, -0.2) is 28.9 Å². The second kappa shape index (κ2) is 6.18. The average Bonchev–Trinajstić information content (AvgIpc) is 2.56. The molecule has 0 radical (unpaired) electrons. The highest BCUT2D eigenvalue weighted by Crippen LogP contribution is 2.28.